The number of hydrogen-bond acceptors (Lipinski definition) is 2. The molecule has 1 saturated carbocycles. The number of hydrogen-bond donors (Lipinski definition) is 1. The summed E-state index contributed by atoms with van der Waals surface area (Å²) in [5.41, 5.74) is 0. The summed E-state index contributed by atoms with van der Waals surface area (Å²) < 4.78 is 28.0. The van der Waals surface area contributed by atoms with Crippen LogP contribution in [0.25, 0.3) is 0 Å². The van der Waals surface area contributed by atoms with Crippen LogP contribution in [0.5, 0.6) is 0 Å². The number of thiol groups is 1. The van der Waals surface area contributed by atoms with Crippen molar-refractivity contribution in [3.8, 4) is 0 Å². The predicted octanol–water partition coefficient (Wildman–Crippen LogP) is 1.50. The number of alkyl halides is 2. The zero-order valence-corrected chi connectivity index (χ0v) is 5.00. The van der Waals surface area contributed by atoms with E-state index in [1.807, 2.05) is 0 Å². The van der Waals surface area contributed by atoms with Crippen LogP contribution in [0.1, 0.15) is 6.42 Å². The Hall–Kier alpha value is 0.170. The first kappa shape index (κ1) is 6.29. The molecule has 0 aromatic carbocycles. The Bertz CT molecular complexity index is 96.0. The molecule has 0 aromatic heterocycles. The minimum atomic E-state index is -2.46. The molecule has 0 aliphatic heterocycles. The first-order valence-electron chi connectivity index (χ1n) is 2.31. The van der Waals surface area contributed by atoms with E-state index in [-0.39, 0.29) is 13.0 Å². The molecule has 1 rings (SSSR count). The molecule has 1 atom stereocenters. The monoisotopic (exact) mass is 140 g/mol. The van der Waals surface area contributed by atoms with Gasteiger partial charge in [-0.15, -0.1) is 0 Å². The maximum absolute atomic E-state index is 11.9. The van der Waals surface area contributed by atoms with Crippen molar-refractivity contribution in [1.82, 2.24) is 0 Å². The van der Waals surface area contributed by atoms with Gasteiger partial charge in [0.05, 0.1) is 12.5 Å². The maximum Gasteiger partial charge on any atom is 0.253 e. The van der Waals surface area contributed by atoms with Gasteiger partial charge in [0, 0.05) is 6.42 Å². The normalized spacial score (nSPS) is 32.6. The highest BCUT2D eigenvalue weighted by atomic mass is 32.1. The van der Waals surface area contributed by atoms with E-state index in [9.17, 15) is 8.78 Å². The minimum absolute atomic E-state index is 0.0342. The molecule has 4 heteroatoms. The first-order valence-corrected chi connectivity index (χ1v) is 2.67. The lowest BCUT2D eigenvalue weighted by molar-refractivity contribution is 0.0886. The van der Waals surface area contributed by atoms with Crippen LogP contribution in [0.2, 0.25) is 0 Å². The zero-order valence-electron chi connectivity index (χ0n) is 4.10. The third-order valence-electron chi connectivity index (χ3n) is 1.23. The van der Waals surface area contributed by atoms with Gasteiger partial charge in [0.15, 0.2) is 0 Å². The molecule has 0 heterocycles. The van der Waals surface area contributed by atoms with Crippen LogP contribution in [-0.2, 0) is 4.18 Å². The SMILES string of the molecule is FC1(F)CC1COS. The molecule has 1 nitrogen and oxygen atoms in total. The van der Waals surface area contributed by atoms with Crippen LogP contribution >= 0.6 is 12.9 Å². The van der Waals surface area contributed by atoms with Crippen molar-refractivity contribution in [3.63, 3.8) is 0 Å². The summed E-state index contributed by atoms with van der Waals surface area (Å²) in [7, 11) is 0. The van der Waals surface area contributed by atoms with E-state index in [0.29, 0.717) is 0 Å². The lowest BCUT2D eigenvalue weighted by Gasteiger charge is -1.91. The second kappa shape index (κ2) is 1.84. The average molecular weight is 140 g/mol. The van der Waals surface area contributed by atoms with Crippen LogP contribution in [0.3, 0.4) is 0 Å². The second-order valence-electron chi connectivity index (χ2n) is 1.96. The molecule has 1 fully saturated rings. The van der Waals surface area contributed by atoms with E-state index in [1.54, 1.807) is 0 Å². The molecule has 1 unspecified atom stereocenters. The van der Waals surface area contributed by atoms with Crippen molar-refractivity contribution < 1.29 is 13.0 Å². The molecule has 1 aliphatic rings. The fraction of sp³-hybridized carbons (Fsp3) is 1.00. The van der Waals surface area contributed by atoms with Gasteiger partial charge in [-0.25, -0.2) is 8.78 Å². The van der Waals surface area contributed by atoms with Crippen LogP contribution in [0.4, 0.5) is 8.78 Å². The quantitative estimate of drug-likeness (QED) is 0.451. The Morgan fingerprint density at radius 2 is 2.25 bits per heavy atom. The minimum Gasteiger partial charge on any atom is -0.318 e. The highest BCUT2D eigenvalue weighted by Gasteiger charge is 2.56. The summed E-state index contributed by atoms with van der Waals surface area (Å²) in [6, 6.07) is 0. The van der Waals surface area contributed by atoms with Crippen molar-refractivity contribution in [2.45, 2.75) is 12.3 Å². The molecule has 0 radical (unpaired) electrons. The molecular weight excluding hydrogens is 134 g/mol. The first-order chi connectivity index (χ1) is 3.67. The van der Waals surface area contributed by atoms with E-state index in [4.69, 9.17) is 0 Å². The summed E-state index contributed by atoms with van der Waals surface area (Å²) >= 11 is 3.34. The third kappa shape index (κ3) is 1.11. The molecule has 1 aliphatic carbocycles. The molecule has 0 spiro atoms. The highest BCUT2D eigenvalue weighted by molar-refractivity contribution is 7.75. The van der Waals surface area contributed by atoms with E-state index in [2.05, 4.69) is 17.1 Å². The Morgan fingerprint density at radius 1 is 1.75 bits per heavy atom. The molecule has 0 bridgehead atoms. The van der Waals surface area contributed by atoms with E-state index < -0.39 is 11.8 Å². The van der Waals surface area contributed by atoms with Gasteiger partial charge in [-0.3, -0.25) is 0 Å². The zero-order chi connectivity index (χ0) is 6.20. The number of rotatable bonds is 2. The van der Waals surface area contributed by atoms with Crippen molar-refractivity contribution in [2.75, 3.05) is 6.61 Å². The summed E-state index contributed by atoms with van der Waals surface area (Å²) in [5.74, 6) is -3.03. The van der Waals surface area contributed by atoms with Gasteiger partial charge in [0.2, 0.25) is 0 Å². The molecule has 0 aromatic rings. The molecule has 0 N–H and O–H groups in total. The Labute approximate surface area is 51.6 Å². The molecule has 48 valence electrons. The van der Waals surface area contributed by atoms with Gasteiger partial charge < -0.3 is 4.18 Å². The third-order valence-corrected chi connectivity index (χ3v) is 1.38. The predicted molar refractivity (Wildman–Crippen MR) is 28.0 cm³/mol. The molecular formula is C4H6F2OS. The van der Waals surface area contributed by atoms with Crippen LogP contribution in [0.15, 0.2) is 0 Å². The standard InChI is InChI=1S/C4H6F2OS/c5-4(6)1-3(4)2-7-8/h3,8H,1-2H2. The van der Waals surface area contributed by atoms with Gasteiger partial charge >= 0.3 is 0 Å². The lowest BCUT2D eigenvalue weighted by atomic mass is 10.5. The fourth-order valence-corrected chi connectivity index (χ4v) is 0.720. The summed E-state index contributed by atoms with van der Waals surface area (Å²) in [4.78, 5) is 0. The highest BCUT2D eigenvalue weighted by Crippen LogP contribution is 2.48. The van der Waals surface area contributed by atoms with Crippen LogP contribution < -0.4 is 0 Å². The fourth-order valence-electron chi connectivity index (χ4n) is 0.540. The van der Waals surface area contributed by atoms with Gasteiger partial charge in [0.1, 0.15) is 0 Å². The van der Waals surface area contributed by atoms with Crippen molar-refractivity contribution >= 4 is 12.9 Å². The average Bonchev–Trinajstić information content (AvgIpc) is 2.15. The van der Waals surface area contributed by atoms with Crippen LogP contribution in [-0.4, -0.2) is 12.5 Å². The van der Waals surface area contributed by atoms with E-state index >= 15 is 0 Å². The van der Waals surface area contributed by atoms with Crippen molar-refractivity contribution in [2.24, 2.45) is 5.92 Å². The second-order valence-corrected chi connectivity index (χ2v) is 2.22. The van der Waals surface area contributed by atoms with Crippen LogP contribution in [0, 0.1) is 5.92 Å². The van der Waals surface area contributed by atoms with Crippen molar-refractivity contribution in [3.05, 3.63) is 0 Å². The van der Waals surface area contributed by atoms with E-state index in [0.717, 1.165) is 0 Å². The number of halogens is 2. The Balaban J connectivity index is 2.17. The summed E-state index contributed by atoms with van der Waals surface area (Å²) in [5, 5.41) is 0. The van der Waals surface area contributed by atoms with Gasteiger partial charge in [0.25, 0.3) is 5.92 Å². The van der Waals surface area contributed by atoms with Gasteiger partial charge in [-0.05, 0) is 12.9 Å². The van der Waals surface area contributed by atoms with E-state index in [1.165, 1.54) is 0 Å². The molecule has 0 saturated heterocycles. The Morgan fingerprint density at radius 3 is 2.38 bits per heavy atom. The summed E-state index contributed by atoms with van der Waals surface area (Å²) in [6.45, 7) is 0.0656. The Kier molecular flexibility index (Phi) is 1.45. The lowest BCUT2D eigenvalue weighted by Crippen LogP contribution is -1.97. The largest absolute Gasteiger partial charge is 0.318 e. The topological polar surface area (TPSA) is 9.23 Å². The maximum atomic E-state index is 11.9. The summed E-state index contributed by atoms with van der Waals surface area (Å²) in [6.07, 6.45) is -0.0342. The molecule has 8 heavy (non-hydrogen) atoms. The van der Waals surface area contributed by atoms with Gasteiger partial charge in [-0.1, -0.05) is 0 Å². The molecule has 0 amide bonds. The van der Waals surface area contributed by atoms with Crippen molar-refractivity contribution in [1.29, 1.82) is 0 Å². The smallest absolute Gasteiger partial charge is 0.253 e. The van der Waals surface area contributed by atoms with Gasteiger partial charge in [-0.2, -0.15) is 0 Å².